The first-order valence-electron chi connectivity index (χ1n) is 6.00. The first-order valence-corrected chi connectivity index (χ1v) is 6.00. The van der Waals surface area contributed by atoms with E-state index in [1.807, 2.05) is 20.8 Å². The second-order valence-corrected chi connectivity index (χ2v) is 3.66. The van der Waals surface area contributed by atoms with E-state index in [1.165, 1.54) is 18.8 Å². The fourth-order valence-corrected chi connectivity index (χ4v) is 0.750. The van der Waals surface area contributed by atoms with E-state index in [-0.39, 0.29) is 5.60 Å². The minimum absolute atomic E-state index is 0.375. The molecule has 0 aliphatic rings. The van der Waals surface area contributed by atoms with Crippen LogP contribution in [0.4, 0.5) is 0 Å². The van der Waals surface area contributed by atoms with Gasteiger partial charge >= 0.3 is 0 Å². The normalized spacial score (nSPS) is 9.25. The summed E-state index contributed by atoms with van der Waals surface area (Å²) in [6, 6.07) is 0. The number of carbonyl (C=O) groups excluding carboxylic acids is 1. The van der Waals surface area contributed by atoms with Crippen molar-refractivity contribution in [1.82, 2.24) is 5.48 Å². The molecule has 0 atom stereocenters. The molecule has 100 valence electrons. The maximum Gasteiger partial charge on any atom is 0.240 e. The molecule has 0 aliphatic heterocycles. The van der Waals surface area contributed by atoms with Gasteiger partial charge in [-0.2, -0.15) is 0 Å². The summed E-state index contributed by atoms with van der Waals surface area (Å²) in [7, 11) is 0. The highest BCUT2D eigenvalue weighted by Gasteiger charge is 2.17. The van der Waals surface area contributed by atoms with E-state index in [0.717, 1.165) is 19.3 Å². The standard InChI is InChI=1S/C7H16O.C3H8.C2H5NO2/c1-4-7(8,5-2)6-3;1-3-2;1-2(4)3-5/h8H,4-6H2,1-3H3;3H2,1-2H3;5H,1H3,(H,3,4). The van der Waals surface area contributed by atoms with Crippen LogP contribution >= 0.6 is 0 Å². The lowest BCUT2D eigenvalue weighted by molar-refractivity contribution is -0.126. The largest absolute Gasteiger partial charge is 0.390 e. The fraction of sp³-hybridized carbons (Fsp3) is 0.917. The van der Waals surface area contributed by atoms with E-state index < -0.39 is 5.91 Å². The van der Waals surface area contributed by atoms with Gasteiger partial charge in [-0.25, -0.2) is 5.48 Å². The van der Waals surface area contributed by atoms with E-state index >= 15 is 0 Å². The molecule has 0 spiro atoms. The lowest BCUT2D eigenvalue weighted by atomic mass is 9.95. The molecular formula is C12H29NO3. The van der Waals surface area contributed by atoms with Crippen molar-refractivity contribution in [1.29, 1.82) is 0 Å². The van der Waals surface area contributed by atoms with Crippen molar-refractivity contribution in [2.45, 2.75) is 72.8 Å². The molecule has 0 saturated heterocycles. The zero-order chi connectivity index (χ0) is 13.6. The average Bonchev–Trinajstić information content (AvgIpc) is 2.30. The third kappa shape index (κ3) is 19.0. The van der Waals surface area contributed by atoms with Crippen molar-refractivity contribution in [3.05, 3.63) is 0 Å². The van der Waals surface area contributed by atoms with Crippen LogP contribution in [-0.4, -0.2) is 21.8 Å². The monoisotopic (exact) mass is 235 g/mol. The topological polar surface area (TPSA) is 69.6 Å². The predicted octanol–water partition coefficient (Wildman–Crippen LogP) is 2.88. The lowest BCUT2D eigenvalue weighted by Gasteiger charge is -2.22. The summed E-state index contributed by atoms with van der Waals surface area (Å²) in [6.07, 6.45) is 3.88. The Labute approximate surface area is 100 Å². The summed E-state index contributed by atoms with van der Waals surface area (Å²) in [5.41, 5.74) is 1.01. The Bertz CT molecular complexity index is 137. The highest BCUT2D eigenvalue weighted by Crippen LogP contribution is 2.17. The van der Waals surface area contributed by atoms with Gasteiger partial charge in [-0.1, -0.05) is 41.0 Å². The van der Waals surface area contributed by atoms with Crippen molar-refractivity contribution in [3.63, 3.8) is 0 Å². The molecule has 0 aliphatic carbocycles. The molecule has 0 fully saturated rings. The molecule has 16 heavy (non-hydrogen) atoms. The summed E-state index contributed by atoms with van der Waals surface area (Å²) in [5.74, 6) is -0.440. The van der Waals surface area contributed by atoms with Gasteiger partial charge in [0.2, 0.25) is 5.91 Å². The highest BCUT2D eigenvalue weighted by molar-refractivity contribution is 5.71. The molecule has 4 heteroatoms. The van der Waals surface area contributed by atoms with Crippen LogP contribution in [0, 0.1) is 0 Å². The van der Waals surface area contributed by atoms with Gasteiger partial charge in [-0.05, 0) is 19.3 Å². The molecular weight excluding hydrogens is 206 g/mol. The molecule has 0 heterocycles. The summed E-state index contributed by atoms with van der Waals surface area (Å²) in [6.45, 7) is 11.5. The third-order valence-electron chi connectivity index (χ3n) is 2.13. The maximum absolute atomic E-state index is 9.45. The molecule has 0 aromatic carbocycles. The van der Waals surface area contributed by atoms with Crippen LogP contribution in [0.2, 0.25) is 0 Å². The van der Waals surface area contributed by atoms with Crippen molar-refractivity contribution in [2.24, 2.45) is 0 Å². The van der Waals surface area contributed by atoms with Crippen molar-refractivity contribution in [3.8, 4) is 0 Å². The predicted molar refractivity (Wildman–Crippen MR) is 67.4 cm³/mol. The second-order valence-electron chi connectivity index (χ2n) is 3.66. The van der Waals surface area contributed by atoms with Gasteiger partial charge < -0.3 is 5.11 Å². The Kier molecular flexibility index (Phi) is 18.7. The molecule has 0 aromatic heterocycles. The highest BCUT2D eigenvalue weighted by atomic mass is 16.5. The number of aliphatic hydroxyl groups is 1. The van der Waals surface area contributed by atoms with Gasteiger partial charge in [-0.3, -0.25) is 10.0 Å². The number of rotatable bonds is 3. The number of hydrogen-bond acceptors (Lipinski definition) is 3. The zero-order valence-corrected chi connectivity index (χ0v) is 11.6. The molecule has 1 amide bonds. The summed E-state index contributed by atoms with van der Waals surface area (Å²) in [5, 5.41) is 17.0. The maximum atomic E-state index is 9.45. The second kappa shape index (κ2) is 14.4. The molecule has 4 nitrogen and oxygen atoms in total. The quantitative estimate of drug-likeness (QED) is 0.520. The first kappa shape index (κ1) is 20.8. The minimum atomic E-state index is -0.440. The van der Waals surface area contributed by atoms with Crippen LogP contribution in [-0.2, 0) is 4.79 Å². The Morgan fingerprint density at radius 1 is 1.06 bits per heavy atom. The Hall–Kier alpha value is -0.610. The number of amides is 1. The van der Waals surface area contributed by atoms with E-state index in [4.69, 9.17) is 5.21 Å². The third-order valence-corrected chi connectivity index (χ3v) is 2.13. The van der Waals surface area contributed by atoms with E-state index in [9.17, 15) is 9.90 Å². The summed E-state index contributed by atoms with van der Waals surface area (Å²) in [4.78, 5) is 9.45. The van der Waals surface area contributed by atoms with Gasteiger partial charge in [0.15, 0.2) is 0 Å². The van der Waals surface area contributed by atoms with E-state index in [2.05, 4.69) is 13.8 Å². The molecule has 0 unspecified atom stereocenters. The number of hydrogen-bond donors (Lipinski definition) is 3. The van der Waals surface area contributed by atoms with Gasteiger partial charge in [0.1, 0.15) is 0 Å². The summed E-state index contributed by atoms with van der Waals surface area (Å²) >= 11 is 0. The Morgan fingerprint density at radius 2 is 1.25 bits per heavy atom. The van der Waals surface area contributed by atoms with Crippen LogP contribution < -0.4 is 5.48 Å². The molecule has 0 bridgehead atoms. The van der Waals surface area contributed by atoms with E-state index in [0.29, 0.717) is 0 Å². The van der Waals surface area contributed by atoms with E-state index in [1.54, 1.807) is 0 Å². The zero-order valence-electron chi connectivity index (χ0n) is 11.6. The van der Waals surface area contributed by atoms with Crippen LogP contribution in [0.3, 0.4) is 0 Å². The molecule has 0 rings (SSSR count). The number of carbonyl (C=O) groups is 1. The smallest absolute Gasteiger partial charge is 0.240 e. The van der Waals surface area contributed by atoms with Crippen molar-refractivity contribution < 1.29 is 15.1 Å². The van der Waals surface area contributed by atoms with Crippen molar-refractivity contribution >= 4 is 5.91 Å². The van der Waals surface area contributed by atoms with Crippen LogP contribution in [0.5, 0.6) is 0 Å². The van der Waals surface area contributed by atoms with Gasteiger partial charge in [0, 0.05) is 6.92 Å². The molecule has 0 aromatic rings. The first-order chi connectivity index (χ1) is 7.37. The SMILES string of the molecule is CC(=O)NO.CCC.CCC(O)(CC)CC. The van der Waals surface area contributed by atoms with Crippen LogP contribution in [0.15, 0.2) is 0 Å². The van der Waals surface area contributed by atoms with Crippen LogP contribution in [0.25, 0.3) is 0 Å². The van der Waals surface area contributed by atoms with Crippen LogP contribution in [0.1, 0.15) is 67.2 Å². The Balaban J connectivity index is -0.000000181. The number of nitrogens with one attached hydrogen (secondary N) is 1. The van der Waals surface area contributed by atoms with Gasteiger partial charge in [0.05, 0.1) is 5.60 Å². The minimum Gasteiger partial charge on any atom is -0.390 e. The fourth-order valence-electron chi connectivity index (χ4n) is 0.750. The van der Waals surface area contributed by atoms with Crippen molar-refractivity contribution in [2.75, 3.05) is 0 Å². The molecule has 0 radical (unpaired) electrons. The lowest BCUT2D eigenvalue weighted by Crippen LogP contribution is -2.24. The molecule has 3 N–H and O–H groups in total. The summed E-state index contributed by atoms with van der Waals surface area (Å²) < 4.78 is 0. The Morgan fingerprint density at radius 3 is 1.25 bits per heavy atom. The number of hydroxylamine groups is 1. The van der Waals surface area contributed by atoms with Gasteiger partial charge in [0.25, 0.3) is 0 Å². The molecule has 0 saturated carbocycles. The van der Waals surface area contributed by atoms with Gasteiger partial charge in [-0.15, -0.1) is 0 Å². The average molecular weight is 235 g/mol.